The quantitative estimate of drug-likeness (QED) is 0.117. The molecule has 0 spiro atoms. The minimum atomic E-state index is -2.02. The number of aliphatic hydroxyl groups is 1. The summed E-state index contributed by atoms with van der Waals surface area (Å²) in [5.41, 5.74) is 1.08. The number of nitrogens with zero attached hydrogens (tertiary/aromatic N) is 5. The van der Waals surface area contributed by atoms with Crippen molar-refractivity contribution in [2.45, 2.75) is 64.4 Å². The number of nitriles is 1. The van der Waals surface area contributed by atoms with Gasteiger partial charge in [-0.1, -0.05) is 51.1 Å². The van der Waals surface area contributed by atoms with Gasteiger partial charge in [-0.25, -0.2) is 28.2 Å². The Labute approximate surface area is 305 Å². The number of hydrogen-bond acceptors (Lipinski definition) is 9. The summed E-state index contributed by atoms with van der Waals surface area (Å²) in [6, 6.07) is 19.5. The van der Waals surface area contributed by atoms with Crippen molar-refractivity contribution >= 4 is 47.9 Å². The van der Waals surface area contributed by atoms with Crippen molar-refractivity contribution in [3.05, 3.63) is 118 Å². The third kappa shape index (κ3) is 9.41. The van der Waals surface area contributed by atoms with Crippen LogP contribution in [0.15, 0.2) is 78.4 Å². The van der Waals surface area contributed by atoms with Crippen LogP contribution in [0.3, 0.4) is 0 Å². The van der Waals surface area contributed by atoms with E-state index >= 15 is 4.39 Å². The molecule has 50 heavy (non-hydrogen) atoms. The van der Waals surface area contributed by atoms with Gasteiger partial charge in [0.15, 0.2) is 11.9 Å². The summed E-state index contributed by atoms with van der Waals surface area (Å²) in [4.78, 5) is 21.8. The molecule has 3 aromatic carbocycles. The molecular formula is C35H37Cl2F2N7O3S. The van der Waals surface area contributed by atoms with Crippen LogP contribution in [-0.4, -0.2) is 37.0 Å². The fraction of sp³-hybridized carbons (Fsp3) is 0.286. The third-order valence-corrected chi connectivity index (χ3v) is 8.90. The molecule has 0 aliphatic carbocycles. The van der Waals surface area contributed by atoms with Gasteiger partial charge < -0.3 is 15.2 Å². The largest absolute Gasteiger partial charge is 0.438 e. The van der Waals surface area contributed by atoms with E-state index in [-0.39, 0.29) is 48.8 Å². The molecule has 2 aromatic heterocycles. The normalized spacial score (nSPS) is 13.3. The van der Waals surface area contributed by atoms with E-state index in [0.717, 1.165) is 29.3 Å². The molecule has 3 atom stereocenters. The summed E-state index contributed by atoms with van der Waals surface area (Å²) in [6.07, 6.45) is -0.249. The Kier molecular flexibility index (Phi) is 14.0. The number of para-hydroxylation sites is 1. The molecule has 0 fully saturated rings. The number of anilines is 1. The Balaban J connectivity index is 0.00000338. The fourth-order valence-corrected chi connectivity index (χ4v) is 6.08. The van der Waals surface area contributed by atoms with Gasteiger partial charge in [-0.3, -0.25) is 5.32 Å². The lowest BCUT2D eigenvalue weighted by atomic mass is 9.82. The molecule has 5 rings (SSSR count). The topological polar surface area (TPSA) is 138 Å². The first-order valence-electron chi connectivity index (χ1n) is 15.3. The maximum atomic E-state index is 15.3. The number of hydrogen-bond donors (Lipinski definition) is 3. The number of rotatable bonds is 12. The van der Waals surface area contributed by atoms with Crippen LogP contribution in [0.4, 0.5) is 19.3 Å². The van der Waals surface area contributed by atoms with Gasteiger partial charge in [0.2, 0.25) is 0 Å². The van der Waals surface area contributed by atoms with Crippen molar-refractivity contribution in [3.8, 4) is 17.3 Å². The number of nitrogens with one attached hydrogen (secondary N) is 2. The van der Waals surface area contributed by atoms with Crippen LogP contribution in [-0.2, 0) is 23.4 Å². The standard InChI is InChI=1S/C35H35F2N7O3S.2ClH/c1-21(2)39-17-26-7-5-6-8-30(26)42-34(45)47-23(4)32-40-20-44(43-32)19-35(46,28-15-27(36)13-14-29(28)37)22(3)33-41-31(18-48-33)25-11-9-24(16-38)10-12-25;;/h5-15,18,20-23,39,46H,17,19H2,1-4H3,(H,42,45);2*1H/t22-,23?,35+;;/m0../s1. The van der Waals surface area contributed by atoms with Crippen molar-refractivity contribution in [1.82, 2.24) is 25.1 Å². The smallest absolute Gasteiger partial charge is 0.412 e. The van der Waals surface area contributed by atoms with Crippen molar-refractivity contribution in [1.29, 1.82) is 5.26 Å². The average Bonchev–Trinajstić information content (AvgIpc) is 3.75. The highest BCUT2D eigenvalue weighted by molar-refractivity contribution is 7.10. The van der Waals surface area contributed by atoms with E-state index in [0.29, 0.717) is 28.5 Å². The predicted octanol–water partition coefficient (Wildman–Crippen LogP) is 7.89. The first-order chi connectivity index (χ1) is 23.0. The maximum Gasteiger partial charge on any atom is 0.412 e. The molecule has 15 heteroatoms. The molecule has 0 aliphatic heterocycles. The van der Waals surface area contributed by atoms with Gasteiger partial charge in [0.05, 0.1) is 28.9 Å². The molecule has 0 bridgehead atoms. The van der Waals surface area contributed by atoms with Crippen LogP contribution in [0.25, 0.3) is 11.3 Å². The first kappa shape index (κ1) is 40.0. The minimum absolute atomic E-state index is 0. The van der Waals surface area contributed by atoms with Gasteiger partial charge in [-0.05, 0) is 48.9 Å². The highest BCUT2D eigenvalue weighted by Crippen LogP contribution is 2.41. The second-order valence-corrected chi connectivity index (χ2v) is 12.6. The molecule has 1 unspecified atom stereocenters. The van der Waals surface area contributed by atoms with E-state index in [9.17, 15) is 14.3 Å². The molecular weight excluding hydrogens is 707 g/mol. The second kappa shape index (κ2) is 17.5. The van der Waals surface area contributed by atoms with Gasteiger partial charge in [0.1, 0.15) is 23.6 Å². The molecule has 0 aliphatic rings. The number of ether oxygens (including phenoxy) is 1. The first-order valence-corrected chi connectivity index (χ1v) is 16.2. The van der Waals surface area contributed by atoms with E-state index in [1.165, 1.54) is 22.3 Å². The summed E-state index contributed by atoms with van der Waals surface area (Å²) in [6.45, 7) is 7.58. The number of thiazole rings is 1. The molecule has 0 radical (unpaired) electrons. The number of halogens is 4. The Hall–Kier alpha value is -4.45. The van der Waals surface area contributed by atoms with E-state index in [1.54, 1.807) is 49.6 Å². The minimum Gasteiger partial charge on any atom is -0.438 e. The van der Waals surface area contributed by atoms with E-state index in [2.05, 4.69) is 26.8 Å². The molecule has 2 heterocycles. The van der Waals surface area contributed by atoms with Gasteiger partial charge in [0.25, 0.3) is 0 Å². The van der Waals surface area contributed by atoms with Crippen LogP contribution in [0.1, 0.15) is 67.2 Å². The van der Waals surface area contributed by atoms with Crippen LogP contribution in [0.2, 0.25) is 0 Å². The Morgan fingerprint density at radius 3 is 2.50 bits per heavy atom. The molecule has 264 valence electrons. The Bertz CT molecular complexity index is 1930. The average molecular weight is 745 g/mol. The maximum absolute atomic E-state index is 15.3. The molecule has 10 nitrogen and oxygen atoms in total. The summed E-state index contributed by atoms with van der Waals surface area (Å²) in [5.74, 6) is -2.20. The Morgan fingerprint density at radius 2 is 1.80 bits per heavy atom. The monoisotopic (exact) mass is 743 g/mol. The third-order valence-electron chi connectivity index (χ3n) is 7.87. The molecule has 5 aromatic rings. The number of amides is 1. The fourth-order valence-electron chi connectivity index (χ4n) is 5.11. The van der Waals surface area contributed by atoms with E-state index in [4.69, 9.17) is 15.0 Å². The zero-order valence-corrected chi connectivity index (χ0v) is 30.1. The summed E-state index contributed by atoms with van der Waals surface area (Å²) in [5, 5.41) is 34.1. The van der Waals surface area contributed by atoms with Crippen LogP contribution in [0.5, 0.6) is 0 Å². The van der Waals surface area contributed by atoms with Crippen molar-refractivity contribution in [2.75, 3.05) is 5.32 Å². The highest BCUT2D eigenvalue weighted by atomic mass is 35.5. The molecule has 0 saturated carbocycles. The second-order valence-electron chi connectivity index (χ2n) is 11.7. The SMILES string of the molecule is CC(C)NCc1ccccc1NC(=O)OC(C)c1ncn(C[C@](O)(c2cc(F)ccc2F)[C@@H](C)c2nc(-c3ccc(C#N)cc3)cs2)n1.Cl.Cl. The lowest BCUT2D eigenvalue weighted by Crippen LogP contribution is -2.38. The van der Waals surface area contributed by atoms with Crippen LogP contribution < -0.4 is 10.6 Å². The van der Waals surface area contributed by atoms with Crippen molar-refractivity contribution < 1.29 is 23.4 Å². The lowest BCUT2D eigenvalue weighted by Gasteiger charge is -2.33. The number of carbonyl (C=O) groups is 1. The van der Waals surface area contributed by atoms with Crippen LogP contribution in [0, 0.1) is 23.0 Å². The van der Waals surface area contributed by atoms with Gasteiger partial charge in [-0.2, -0.15) is 10.4 Å². The van der Waals surface area contributed by atoms with Crippen molar-refractivity contribution in [2.24, 2.45) is 0 Å². The molecule has 3 N–H and O–H groups in total. The number of aromatic nitrogens is 4. The number of carbonyl (C=O) groups excluding carboxylic acids is 1. The van der Waals surface area contributed by atoms with Gasteiger partial charge >= 0.3 is 6.09 Å². The summed E-state index contributed by atoms with van der Waals surface area (Å²) >= 11 is 1.26. The van der Waals surface area contributed by atoms with Gasteiger partial charge in [-0.15, -0.1) is 36.2 Å². The van der Waals surface area contributed by atoms with E-state index < -0.39 is 35.4 Å². The van der Waals surface area contributed by atoms with Gasteiger partial charge in [0, 0.05) is 40.7 Å². The predicted molar refractivity (Wildman–Crippen MR) is 192 cm³/mol. The molecule has 0 saturated heterocycles. The summed E-state index contributed by atoms with van der Waals surface area (Å²) in [7, 11) is 0. The van der Waals surface area contributed by atoms with E-state index in [1.807, 2.05) is 32.0 Å². The zero-order chi connectivity index (χ0) is 34.4. The number of benzene rings is 3. The van der Waals surface area contributed by atoms with Crippen molar-refractivity contribution in [3.63, 3.8) is 0 Å². The zero-order valence-electron chi connectivity index (χ0n) is 27.6. The lowest BCUT2D eigenvalue weighted by molar-refractivity contribution is -0.0117. The van der Waals surface area contributed by atoms with Crippen LogP contribution >= 0.6 is 36.2 Å². The highest BCUT2D eigenvalue weighted by Gasteiger charge is 2.42. The summed E-state index contributed by atoms with van der Waals surface area (Å²) < 4.78 is 36.6. The molecule has 1 amide bonds. The Morgan fingerprint density at radius 1 is 1.08 bits per heavy atom.